The van der Waals surface area contributed by atoms with Crippen molar-refractivity contribution < 1.29 is 24.2 Å². The average Bonchev–Trinajstić information content (AvgIpc) is 2.63. The molecule has 2 N–H and O–H groups in total. The Balaban J connectivity index is 2.24. The van der Waals surface area contributed by atoms with E-state index in [0.29, 0.717) is 52.1 Å². The van der Waals surface area contributed by atoms with Gasteiger partial charge in [0, 0.05) is 29.3 Å². The first-order valence-electron chi connectivity index (χ1n) is 10.2. The zero-order valence-electron chi connectivity index (χ0n) is 18.0. The van der Waals surface area contributed by atoms with Crippen molar-refractivity contribution in [2.75, 3.05) is 13.2 Å². The molecule has 6 nitrogen and oxygen atoms in total. The number of allylic oxidation sites excluding steroid dienone is 3. The molecule has 0 bridgehead atoms. The van der Waals surface area contributed by atoms with E-state index in [1.165, 1.54) is 0 Å². The highest BCUT2D eigenvalue weighted by Crippen LogP contribution is 2.49. The van der Waals surface area contributed by atoms with Crippen LogP contribution in [0.2, 0.25) is 0 Å². The van der Waals surface area contributed by atoms with Crippen LogP contribution in [0, 0.1) is 5.41 Å². The van der Waals surface area contributed by atoms with Gasteiger partial charge in [0.2, 0.25) is 0 Å². The molecule has 0 amide bonds. The number of phenols is 1. The second kappa shape index (κ2) is 8.46. The first-order chi connectivity index (χ1) is 14.1. The number of hydrogen-bond donors (Lipinski definition) is 2. The monoisotopic (exact) mass is 477 g/mol. The zero-order chi connectivity index (χ0) is 22.2. The number of benzene rings is 1. The zero-order valence-corrected chi connectivity index (χ0v) is 19.6. The Labute approximate surface area is 185 Å². The third-order valence-electron chi connectivity index (χ3n) is 5.42. The van der Waals surface area contributed by atoms with Crippen LogP contribution in [0.5, 0.6) is 11.5 Å². The van der Waals surface area contributed by atoms with Crippen molar-refractivity contribution in [3.05, 3.63) is 44.7 Å². The Morgan fingerprint density at radius 1 is 1.27 bits per heavy atom. The highest BCUT2D eigenvalue weighted by molar-refractivity contribution is 9.10. The minimum atomic E-state index is -0.597. The quantitative estimate of drug-likeness (QED) is 0.596. The fourth-order valence-corrected chi connectivity index (χ4v) is 4.73. The molecule has 7 heteroatoms. The van der Waals surface area contributed by atoms with Crippen molar-refractivity contribution in [3.8, 4) is 11.5 Å². The van der Waals surface area contributed by atoms with Gasteiger partial charge < -0.3 is 19.9 Å². The number of esters is 1. The van der Waals surface area contributed by atoms with E-state index in [4.69, 9.17) is 9.47 Å². The van der Waals surface area contributed by atoms with Gasteiger partial charge in [-0.15, -0.1) is 0 Å². The fraction of sp³-hybridized carbons (Fsp3) is 0.478. The minimum absolute atomic E-state index is 0.00945. The molecular weight excluding hydrogens is 450 g/mol. The lowest BCUT2D eigenvalue weighted by molar-refractivity contribution is -0.138. The van der Waals surface area contributed by atoms with Crippen molar-refractivity contribution in [1.82, 2.24) is 5.32 Å². The van der Waals surface area contributed by atoms with Crippen molar-refractivity contribution in [2.24, 2.45) is 5.41 Å². The number of nitrogens with one attached hydrogen (secondary N) is 1. The van der Waals surface area contributed by atoms with Crippen LogP contribution in [-0.4, -0.2) is 30.1 Å². The molecule has 30 heavy (non-hydrogen) atoms. The van der Waals surface area contributed by atoms with Gasteiger partial charge in [-0.1, -0.05) is 13.8 Å². The molecule has 1 aromatic rings. The van der Waals surface area contributed by atoms with Crippen LogP contribution < -0.4 is 10.1 Å². The highest BCUT2D eigenvalue weighted by atomic mass is 79.9. The molecule has 0 fully saturated rings. The standard InChI is InChI=1S/C23H28BrNO5/c1-6-29-17-9-13(8-14(24)21(17)27)19-18(22(28)30-7-2)12(3)25-15-10-23(4,5)11-16(26)20(15)19/h8-9,19,25,27H,6-7,10-11H2,1-5H3/t19-/m0/s1. The van der Waals surface area contributed by atoms with Crippen LogP contribution in [0.4, 0.5) is 0 Å². The Kier molecular flexibility index (Phi) is 6.32. The van der Waals surface area contributed by atoms with E-state index >= 15 is 0 Å². The number of carbonyl (C=O) groups excluding carboxylic acids is 2. The minimum Gasteiger partial charge on any atom is -0.503 e. The molecule has 0 saturated heterocycles. The van der Waals surface area contributed by atoms with Gasteiger partial charge in [0.25, 0.3) is 0 Å². The number of halogens is 1. The number of rotatable bonds is 5. The lowest BCUT2D eigenvalue weighted by atomic mass is 9.68. The van der Waals surface area contributed by atoms with E-state index in [2.05, 4.69) is 35.1 Å². The van der Waals surface area contributed by atoms with Gasteiger partial charge >= 0.3 is 5.97 Å². The van der Waals surface area contributed by atoms with Gasteiger partial charge in [0.15, 0.2) is 17.3 Å². The molecule has 1 aromatic carbocycles. The van der Waals surface area contributed by atoms with E-state index in [1.807, 2.05) is 13.8 Å². The van der Waals surface area contributed by atoms with E-state index in [0.717, 1.165) is 5.70 Å². The molecule has 1 aliphatic carbocycles. The maximum absolute atomic E-state index is 13.3. The summed E-state index contributed by atoms with van der Waals surface area (Å²) in [5.41, 5.74) is 3.03. The summed E-state index contributed by atoms with van der Waals surface area (Å²) in [6.45, 7) is 10.1. The van der Waals surface area contributed by atoms with Crippen LogP contribution in [0.15, 0.2) is 39.1 Å². The molecule has 0 saturated carbocycles. The van der Waals surface area contributed by atoms with E-state index in [9.17, 15) is 14.7 Å². The Morgan fingerprint density at radius 2 is 1.97 bits per heavy atom. The van der Waals surface area contributed by atoms with Crippen molar-refractivity contribution in [2.45, 2.75) is 53.4 Å². The van der Waals surface area contributed by atoms with E-state index in [1.54, 1.807) is 19.1 Å². The topological polar surface area (TPSA) is 84.9 Å². The number of ether oxygens (including phenoxy) is 2. The summed E-state index contributed by atoms with van der Waals surface area (Å²) in [5.74, 6) is -0.765. The number of carbonyl (C=O) groups is 2. The van der Waals surface area contributed by atoms with Crippen LogP contribution in [0.25, 0.3) is 0 Å². The van der Waals surface area contributed by atoms with Crippen LogP contribution in [-0.2, 0) is 14.3 Å². The first-order valence-corrected chi connectivity index (χ1v) is 10.9. The molecule has 1 atom stereocenters. The summed E-state index contributed by atoms with van der Waals surface area (Å²) >= 11 is 3.38. The van der Waals surface area contributed by atoms with Gasteiger partial charge in [0.05, 0.1) is 23.3 Å². The van der Waals surface area contributed by atoms with Crippen molar-refractivity contribution in [3.63, 3.8) is 0 Å². The lowest BCUT2D eigenvalue weighted by Crippen LogP contribution is -2.38. The molecular formula is C23H28BrNO5. The number of phenolic OH excluding ortho intramolecular Hbond substituents is 1. The average molecular weight is 478 g/mol. The highest BCUT2D eigenvalue weighted by Gasteiger charge is 2.43. The largest absolute Gasteiger partial charge is 0.503 e. The number of ketones is 1. The molecule has 0 unspecified atom stereocenters. The smallest absolute Gasteiger partial charge is 0.336 e. The summed E-state index contributed by atoms with van der Waals surface area (Å²) in [4.78, 5) is 26.2. The van der Waals surface area contributed by atoms with Crippen LogP contribution in [0.1, 0.15) is 58.9 Å². The molecule has 1 heterocycles. The van der Waals surface area contributed by atoms with Gasteiger partial charge in [-0.25, -0.2) is 4.79 Å². The third kappa shape index (κ3) is 4.13. The number of aromatic hydroxyl groups is 1. The number of Topliss-reactive ketones (excluding diaryl/α,β-unsaturated/α-hetero) is 1. The fourth-order valence-electron chi connectivity index (χ4n) is 4.27. The molecule has 162 valence electrons. The summed E-state index contributed by atoms with van der Waals surface area (Å²) in [6.07, 6.45) is 1.10. The molecule has 0 radical (unpaired) electrons. The maximum atomic E-state index is 13.3. The van der Waals surface area contributed by atoms with Crippen LogP contribution in [0.3, 0.4) is 0 Å². The Hall–Kier alpha value is -2.28. The summed E-state index contributed by atoms with van der Waals surface area (Å²) in [6, 6.07) is 3.43. The normalized spacial score (nSPS) is 20.6. The number of dihydropyridines is 1. The predicted molar refractivity (Wildman–Crippen MR) is 117 cm³/mol. The SMILES string of the molecule is CCOC(=O)C1=C(C)NC2=C(C(=O)CC(C)(C)C2)[C@H]1c1cc(Br)c(O)c(OCC)c1. The third-order valence-corrected chi connectivity index (χ3v) is 6.02. The second-order valence-electron chi connectivity index (χ2n) is 8.43. The molecule has 2 aliphatic rings. The molecule has 3 rings (SSSR count). The Bertz CT molecular complexity index is 961. The molecule has 0 spiro atoms. The second-order valence-corrected chi connectivity index (χ2v) is 9.29. The first kappa shape index (κ1) is 22.4. The summed E-state index contributed by atoms with van der Waals surface area (Å²) in [7, 11) is 0. The maximum Gasteiger partial charge on any atom is 0.336 e. The van der Waals surface area contributed by atoms with E-state index < -0.39 is 11.9 Å². The molecule has 1 aliphatic heterocycles. The number of hydrogen-bond acceptors (Lipinski definition) is 6. The van der Waals surface area contributed by atoms with Crippen molar-refractivity contribution in [1.29, 1.82) is 0 Å². The molecule has 0 aromatic heterocycles. The van der Waals surface area contributed by atoms with Gasteiger partial charge in [-0.05, 0) is 66.2 Å². The van der Waals surface area contributed by atoms with Crippen molar-refractivity contribution >= 4 is 27.7 Å². The van der Waals surface area contributed by atoms with Gasteiger partial charge in [-0.2, -0.15) is 0 Å². The summed E-state index contributed by atoms with van der Waals surface area (Å²) < 4.78 is 11.4. The lowest BCUT2D eigenvalue weighted by Gasteiger charge is -2.39. The van der Waals surface area contributed by atoms with Gasteiger partial charge in [0.1, 0.15) is 0 Å². The van der Waals surface area contributed by atoms with E-state index in [-0.39, 0.29) is 23.6 Å². The van der Waals surface area contributed by atoms with Gasteiger partial charge in [-0.3, -0.25) is 4.79 Å². The Morgan fingerprint density at radius 3 is 2.60 bits per heavy atom. The summed E-state index contributed by atoms with van der Waals surface area (Å²) in [5, 5.41) is 13.7. The predicted octanol–water partition coefficient (Wildman–Crippen LogP) is 4.72. The van der Waals surface area contributed by atoms with Crippen LogP contribution >= 0.6 is 15.9 Å².